The van der Waals surface area contributed by atoms with Crippen LogP contribution >= 0.6 is 0 Å². The zero-order chi connectivity index (χ0) is 13.2. The molecule has 2 rings (SSSR count). The second-order valence-electron chi connectivity index (χ2n) is 4.78. The van der Waals surface area contributed by atoms with E-state index in [4.69, 9.17) is 9.15 Å². The van der Waals surface area contributed by atoms with Crippen molar-refractivity contribution in [2.45, 2.75) is 25.9 Å². The maximum atomic E-state index is 10.5. The molecule has 1 N–H and O–H groups in total. The van der Waals surface area contributed by atoms with Crippen LogP contribution in [0.15, 0.2) is 41.2 Å². The van der Waals surface area contributed by atoms with Crippen molar-refractivity contribution in [2.24, 2.45) is 0 Å². The predicted molar refractivity (Wildman–Crippen MR) is 69.7 cm³/mol. The Morgan fingerprint density at radius 1 is 1.33 bits per heavy atom. The van der Waals surface area contributed by atoms with E-state index in [0.29, 0.717) is 6.42 Å². The van der Waals surface area contributed by atoms with Gasteiger partial charge in [-0.15, -0.1) is 0 Å². The molecule has 1 aromatic heterocycles. The number of ether oxygens (including phenoxy) is 1. The minimum atomic E-state index is -0.964. The largest absolute Gasteiger partial charge is 0.496 e. The predicted octanol–water partition coefficient (Wildman–Crippen LogP) is 3.05. The summed E-state index contributed by atoms with van der Waals surface area (Å²) in [7, 11) is 1.64. The molecule has 2 aromatic rings. The Kier molecular flexibility index (Phi) is 3.43. The molecule has 1 atom stereocenters. The van der Waals surface area contributed by atoms with Crippen LogP contribution in [0.2, 0.25) is 0 Å². The Balaban J connectivity index is 2.31. The molecule has 3 heteroatoms. The van der Waals surface area contributed by atoms with Gasteiger partial charge in [0.25, 0.3) is 0 Å². The Morgan fingerprint density at radius 3 is 2.72 bits per heavy atom. The van der Waals surface area contributed by atoms with Crippen LogP contribution in [0, 0.1) is 6.92 Å². The SMILES string of the molecule is COc1ccc(C)cc1CC(C)(O)c1ccoc1. The van der Waals surface area contributed by atoms with Crippen LogP contribution in [0.4, 0.5) is 0 Å². The number of methoxy groups -OCH3 is 1. The summed E-state index contributed by atoms with van der Waals surface area (Å²) in [5, 5.41) is 10.5. The molecular formula is C15H18O3. The Morgan fingerprint density at radius 2 is 2.11 bits per heavy atom. The zero-order valence-electron chi connectivity index (χ0n) is 10.9. The second-order valence-corrected chi connectivity index (χ2v) is 4.78. The fraction of sp³-hybridized carbons (Fsp3) is 0.333. The van der Waals surface area contributed by atoms with Crippen molar-refractivity contribution in [3.63, 3.8) is 0 Å². The molecule has 3 nitrogen and oxygen atoms in total. The van der Waals surface area contributed by atoms with Crippen molar-refractivity contribution < 1.29 is 14.3 Å². The molecule has 0 bridgehead atoms. The number of hydrogen-bond donors (Lipinski definition) is 1. The molecule has 0 amide bonds. The van der Waals surface area contributed by atoms with Crippen LogP contribution in [0.5, 0.6) is 5.75 Å². The molecule has 0 spiro atoms. The number of aryl methyl sites for hydroxylation is 1. The number of hydrogen-bond acceptors (Lipinski definition) is 3. The highest BCUT2D eigenvalue weighted by atomic mass is 16.5. The fourth-order valence-corrected chi connectivity index (χ4v) is 2.09. The molecule has 0 aliphatic heterocycles. The highest BCUT2D eigenvalue weighted by Crippen LogP contribution is 2.30. The first-order valence-electron chi connectivity index (χ1n) is 5.91. The molecule has 1 heterocycles. The molecule has 0 fully saturated rings. The maximum absolute atomic E-state index is 10.5. The van der Waals surface area contributed by atoms with Crippen LogP contribution in [-0.4, -0.2) is 12.2 Å². The summed E-state index contributed by atoms with van der Waals surface area (Å²) in [5.74, 6) is 0.796. The van der Waals surface area contributed by atoms with Crippen molar-refractivity contribution in [1.29, 1.82) is 0 Å². The summed E-state index contributed by atoms with van der Waals surface area (Å²) in [6, 6.07) is 7.74. The lowest BCUT2D eigenvalue weighted by Gasteiger charge is -2.23. The first-order chi connectivity index (χ1) is 8.53. The van der Waals surface area contributed by atoms with E-state index in [0.717, 1.165) is 22.4 Å². The minimum Gasteiger partial charge on any atom is -0.496 e. The molecule has 1 aromatic carbocycles. The van der Waals surface area contributed by atoms with Crippen LogP contribution in [-0.2, 0) is 12.0 Å². The average Bonchev–Trinajstić information content (AvgIpc) is 2.83. The summed E-state index contributed by atoms with van der Waals surface area (Å²) in [4.78, 5) is 0. The van der Waals surface area contributed by atoms with Gasteiger partial charge in [0.2, 0.25) is 0 Å². The standard InChI is InChI=1S/C15H18O3/c1-11-4-5-14(17-3)12(8-11)9-15(2,16)13-6-7-18-10-13/h4-8,10,16H,9H2,1-3H3. The van der Waals surface area contributed by atoms with Crippen molar-refractivity contribution in [1.82, 2.24) is 0 Å². The number of benzene rings is 1. The number of furan rings is 1. The van der Waals surface area contributed by atoms with Gasteiger partial charge in [-0.2, -0.15) is 0 Å². The van der Waals surface area contributed by atoms with E-state index < -0.39 is 5.60 Å². The van der Waals surface area contributed by atoms with E-state index in [1.807, 2.05) is 25.1 Å². The Bertz CT molecular complexity index is 513. The summed E-state index contributed by atoms with van der Waals surface area (Å²) in [5.41, 5.74) is 1.94. The molecule has 0 saturated carbocycles. The van der Waals surface area contributed by atoms with Gasteiger partial charge in [0, 0.05) is 12.0 Å². The van der Waals surface area contributed by atoms with E-state index in [9.17, 15) is 5.11 Å². The Labute approximate surface area is 107 Å². The monoisotopic (exact) mass is 246 g/mol. The van der Waals surface area contributed by atoms with Crippen LogP contribution < -0.4 is 4.74 Å². The van der Waals surface area contributed by atoms with Gasteiger partial charge in [0.15, 0.2) is 0 Å². The quantitative estimate of drug-likeness (QED) is 0.901. The third-order valence-electron chi connectivity index (χ3n) is 3.11. The van der Waals surface area contributed by atoms with E-state index in [1.165, 1.54) is 0 Å². The zero-order valence-corrected chi connectivity index (χ0v) is 10.9. The topological polar surface area (TPSA) is 42.6 Å². The smallest absolute Gasteiger partial charge is 0.122 e. The van der Waals surface area contributed by atoms with E-state index in [1.54, 1.807) is 32.6 Å². The molecule has 18 heavy (non-hydrogen) atoms. The van der Waals surface area contributed by atoms with Gasteiger partial charge in [-0.05, 0) is 31.5 Å². The summed E-state index contributed by atoms with van der Waals surface area (Å²) in [6.45, 7) is 3.80. The highest BCUT2D eigenvalue weighted by molar-refractivity contribution is 5.38. The van der Waals surface area contributed by atoms with Gasteiger partial charge in [0.05, 0.1) is 25.2 Å². The van der Waals surface area contributed by atoms with Crippen molar-refractivity contribution >= 4 is 0 Å². The van der Waals surface area contributed by atoms with E-state index in [2.05, 4.69) is 0 Å². The summed E-state index contributed by atoms with van der Waals surface area (Å²) in [6.07, 6.45) is 3.62. The van der Waals surface area contributed by atoms with Gasteiger partial charge in [0.1, 0.15) is 5.75 Å². The van der Waals surface area contributed by atoms with Crippen molar-refractivity contribution in [3.8, 4) is 5.75 Å². The number of rotatable bonds is 4. The minimum absolute atomic E-state index is 0.484. The summed E-state index contributed by atoms with van der Waals surface area (Å²) < 4.78 is 10.4. The normalized spacial score (nSPS) is 14.2. The van der Waals surface area contributed by atoms with Gasteiger partial charge in [-0.25, -0.2) is 0 Å². The molecule has 0 saturated heterocycles. The van der Waals surface area contributed by atoms with Gasteiger partial charge in [-0.1, -0.05) is 17.7 Å². The molecular weight excluding hydrogens is 228 g/mol. The third-order valence-corrected chi connectivity index (χ3v) is 3.11. The van der Waals surface area contributed by atoms with Crippen LogP contribution in [0.1, 0.15) is 23.6 Å². The van der Waals surface area contributed by atoms with E-state index >= 15 is 0 Å². The Hall–Kier alpha value is -1.74. The molecule has 0 aliphatic carbocycles. The van der Waals surface area contributed by atoms with Gasteiger partial charge < -0.3 is 14.3 Å². The lowest BCUT2D eigenvalue weighted by Crippen LogP contribution is -2.23. The molecule has 96 valence electrons. The number of aliphatic hydroxyl groups is 1. The lowest BCUT2D eigenvalue weighted by molar-refractivity contribution is 0.0563. The first-order valence-corrected chi connectivity index (χ1v) is 5.91. The lowest BCUT2D eigenvalue weighted by atomic mass is 9.90. The molecule has 1 unspecified atom stereocenters. The van der Waals surface area contributed by atoms with Crippen LogP contribution in [0.25, 0.3) is 0 Å². The highest BCUT2D eigenvalue weighted by Gasteiger charge is 2.26. The maximum Gasteiger partial charge on any atom is 0.122 e. The first kappa shape index (κ1) is 12.7. The summed E-state index contributed by atoms with van der Waals surface area (Å²) >= 11 is 0. The van der Waals surface area contributed by atoms with Gasteiger partial charge >= 0.3 is 0 Å². The van der Waals surface area contributed by atoms with E-state index in [-0.39, 0.29) is 0 Å². The van der Waals surface area contributed by atoms with Gasteiger partial charge in [-0.3, -0.25) is 0 Å². The molecule has 0 aliphatic rings. The van der Waals surface area contributed by atoms with Crippen LogP contribution in [0.3, 0.4) is 0 Å². The molecule has 0 radical (unpaired) electrons. The van der Waals surface area contributed by atoms with Crippen molar-refractivity contribution in [2.75, 3.05) is 7.11 Å². The van der Waals surface area contributed by atoms with Crippen molar-refractivity contribution in [3.05, 3.63) is 53.5 Å². The third kappa shape index (κ3) is 2.57. The average molecular weight is 246 g/mol. The fourth-order valence-electron chi connectivity index (χ4n) is 2.09. The second kappa shape index (κ2) is 4.86.